The summed E-state index contributed by atoms with van der Waals surface area (Å²) in [5.41, 5.74) is -1.22. The van der Waals surface area contributed by atoms with Crippen LogP contribution in [0.25, 0.3) is 0 Å². The number of alkyl halides is 2. The maximum atomic E-state index is 13.4. The topological polar surface area (TPSA) is 29.1 Å². The van der Waals surface area contributed by atoms with E-state index in [2.05, 4.69) is 5.32 Å². The molecule has 0 fully saturated rings. The quantitative estimate of drug-likeness (QED) is 0.832. The Bertz CT molecular complexity index is 724. The molecule has 0 aliphatic carbocycles. The number of amides is 1. The summed E-state index contributed by atoms with van der Waals surface area (Å²) >= 11 is 0. The van der Waals surface area contributed by atoms with Crippen LogP contribution in [0.1, 0.15) is 22.8 Å². The van der Waals surface area contributed by atoms with Crippen molar-refractivity contribution >= 4 is 11.6 Å². The van der Waals surface area contributed by atoms with E-state index in [4.69, 9.17) is 0 Å². The average molecular weight is 315 g/mol. The highest BCUT2D eigenvalue weighted by molar-refractivity contribution is 6.04. The zero-order valence-corrected chi connectivity index (χ0v) is 11.3. The van der Waals surface area contributed by atoms with Crippen molar-refractivity contribution in [1.29, 1.82) is 0 Å². The van der Waals surface area contributed by atoms with Gasteiger partial charge in [-0.15, -0.1) is 0 Å². The third-order valence-electron chi connectivity index (χ3n) is 2.88. The van der Waals surface area contributed by atoms with Crippen molar-refractivity contribution in [3.05, 3.63) is 65.0 Å². The van der Waals surface area contributed by atoms with Gasteiger partial charge < -0.3 is 5.32 Å². The lowest BCUT2D eigenvalue weighted by molar-refractivity contribution is 0.0137. The molecule has 2 nitrogen and oxygen atoms in total. The molecule has 0 saturated heterocycles. The normalized spacial score (nSPS) is 11.4. The third kappa shape index (κ3) is 3.41. The molecule has 0 bridgehead atoms. The van der Waals surface area contributed by atoms with Crippen LogP contribution in [0.15, 0.2) is 36.4 Å². The maximum Gasteiger partial charge on any atom is 0.273 e. The van der Waals surface area contributed by atoms with Gasteiger partial charge in [-0.05, 0) is 30.3 Å². The van der Waals surface area contributed by atoms with Crippen LogP contribution in [0.4, 0.5) is 27.6 Å². The van der Waals surface area contributed by atoms with Crippen molar-refractivity contribution in [3.8, 4) is 0 Å². The second-order valence-electron chi connectivity index (χ2n) is 4.67. The first kappa shape index (κ1) is 15.9. The van der Waals surface area contributed by atoms with E-state index in [0.29, 0.717) is 13.0 Å². The minimum absolute atomic E-state index is 0.0574. The number of halogens is 5. The fraction of sp³-hybridized carbons (Fsp3) is 0.133. The van der Waals surface area contributed by atoms with Crippen LogP contribution in [0.2, 0.25) is 0 Å². The Kier molecular flexibility index (Phi) is 4.16. The summed E-state index contributed by atoms with van der Waals surface area (Å²) in [5, 5.41) is 2.21. The molecule has 0 aliphatic heterocycles. The zero-order chi connectivity index (χ0) is 16.5. The molecule has 22 heavy (non-hydrogen) atoms. The molecule has 0 radical (unpaired) electrons. The fourth-order valence-electron chi connectivity index (χ4n) is 1.78. The lowest BCUT2D eigenvalue weighted by Crippen LogP contribution is -2.16. The van der Waals surface area contributed by atoms with Gasteiger partial charge in [-0.25, -0.2) is 22.0 Å². The summed E-state index contributed by atoms with van der Waals surface area (Å²) in [6.45, 7) is 0.502. The second kappa shape index (κ2) is 5.75. The van der Waals surface area contributed by atoms with Gasteiger partial charge in [-0.1, -0.05) is 0 Å². The van der Waals surface area contributed by atoms with Gasteiger partial charge in [-0.2, -0.15) is 0 Å². The van der Waals surface area contributed by atoms with Crippen LogP contribution in [0.5, 0.6) is 0 Å². The van der Waals surface area contributed by atoms with Crippen LogP contribution in [-0.2, 0) is 5.92 Å². The molecule has 0 atom stereocenters. The Balaban J connectivity index is 2.28. The molecule has 2 rings (SSSR count). The van der Waals surface area contributed by atoms with E-state index < -0.39 is 34.8 Å². The van der Waals surface area contributed by atoms with Crippen molar-refractivity contribution in [3.63, 3.8) is 0 Å². The summed E-state index contributed by atoms with van der Waals surface area (Å²) in [5.74, 6) is -7.71. The van der Waals surface area contributed by atoms with Gasteiger partial charge in [0.05, 0.1) is 5.56 Å². The molecule has 1 N–H and O–H groups in total. The standard InChI is InChI=1S/C15H10F5NO/c1-15(19,20)10-6-8(2-4-11(10)16)14(22)21-9-3-5-12(17)13(18)7-9/h2-7H,1H3,(H,21,22). The highest BCUT2D eigenvalue weighted by Gasteiger charge is 2.29. The zero-order valence-electron chi connectivity index (χ0n) is 11.3. The molecule has 116 valence electrons. The van der Waals surface area contributed by atoms with Crippen molar-refractivity contribution in [2.75, 3.05) is 5.32 Å². The van der Waals surface area contributed by atoms with E-state index >= 15 is 0 Å². The molecule has 0 saturated carbocycles. The predicted molar refractivity (Wildman–Crippen MR) is 70.3 cm³/mol. The Morgan fingerprint density at radius 2 is 1.59 bits per heavy atom. The molecule has 2 aromatic rings. The van der Waals surface area contributed by atoms with Crippen LogP contribution in [-0.4, -0.2) is 5.91 Å². The van der Waals surface area contributed by atoms with E-state index in [1.807, 2.05) is 0 Å². The summed E-state index contributed by atoms with van der Waals surface area (Å²) in [4.78, 5) is 11.9. The first-order valence-electron chi connectivity index (χ1n) is 6.13. The highest BCUT2D eigenvalue weighted by Crippen LogP contribution is 2.30. The highest BCUT2D eigenvalue weighted by atomic mass is 19.3. The molecular weight excluding hydrogens is 305 g/mol. The first-order chi connectivity index (χ1) is 10.2. The molecule has 0 aliphatic rings. The van der Waals surface area contributed by atoms with Crippen LogP contribution in [0, 0.1) is 17.5 Å². The maximum absolute atomic E-state index is 13.4. The van der Waals surface area contributed by atoms with E-state index in [1.54, 1.807) is 0 Å². The molecule has 0 unspecified atom stereocenters. The van der Waals surface area contributed by atoms with Crippen LogP contribution < -0.4 is 5.32 Å². The number of rotatable bonds is 3. The summed E-state index contributed by atoms with van der Waals surface area (Å²) in [6.07, 6.45) is 0. The summed E-state index contributed by atoms with van der Waals surface area (Å²) in [6, 6.07) is 5.12. The molecule has 7 heteroatoms. The fourth-order valence-corrected chi connectivity index (χ4v) is 1.78. The average Bonchev–Trinajstić information content (AvgIpc) is 2.42. The molecule has 0 spiro atoms. The van der Waals surface area contributed by atoms with Gasteiger partial charge >= 0.3 is 0 Å². The largest absolute Gasteiger partial charge is 0.322 e. The van der Waals surface area contributed by atoms with Crippen molar-refractivity contribution in [2.45, 2.75) is 12.8 Å². The Hall–Kier alpha value is -2.44. The minimum atomic E-state index is -3.46. The van der Waals surface area contributed by atoms with E-state index in [0.717, 1.165) is 30.3 Å². The molecule has 0 heterocycles. The first-order valence-corrected chi connectivity index (χ1v) is 6.13. The van der Waals surface area contributed by atoms with Gasteiger partial charge in [0.25, 0.3) is 11.8 Å². The number of hydrogen-bond acceptors (Lipinski definition) is 1. The smallest absolute Gasteiger partial charge is 0.273 e. The van der Waals surface area contributed by atoms with Gasteiger partial charge in [0.2, 0.25) is 0 Å². The number of nitrogens with one attached hydrogen (secondary N) is 1. The summed E-state index contributed by atoms with van der Waals surface area (Å²) in [7, 11) is 0. The SMILES string of the molecule is CC(F)(F)c1cc(C(=O)Nc2ccc(F)c(F)c2)ccc1F. The van der Waals surface area contributed by atoms with Crippen LogP contribution in [0.3, 0.4) is 0 Å². The lowest BCUT2D eigenvalue weighted by Gasteiger charge is -2.13. The van der Waals surface area contributed by atoms with Gasteiger partial charge in [0, 0.05) is 24.2 Å². The monoisotopic (exact) mass is 315 g/mol. The van der Waals surface area contributed by atoms with Gasteiger partial charge in [0.15, 0.2) is 11.6 Å². The van der Waals surface area contributed by atoms with E-state index in [1.165, 1.54) is 0 Å². The number of carbonyl (C=O) groups is 1. The predicted octanol–water partition coefficient (Wildman–Crippen LogP) is 4.47. The summed E-state index contributed by atoms with van der Waals surface area (Å²) < 4.78 is 65.6. The Morgan fingerprint density at radius 3 is 2.18 bits per heavy atom. The Labute approximate surface area is 122 Å². The molecular formula is C15H10F5NO. The Morgan fingerprint density at radius 1 is 0.955 bits per heavy atom. The molecule has 1 amide bonds. The number of hydrogen-bond donors (Lipinski definition) is 1. The molecule has 0 aromatic heterocycles. The minimum Gasteiger partial charge on any atom is -0.322 e. The lowest BCUT2D eigenvalue weighted by atomic mass is 10.0. The van der Waals surface area contributed by atoms with Gasteiger partial charge in [0.1, 0.15) is 5.82 Å². The number of carbonyl (C=O) groups excluding carboxylic acids is 1. The second-order valence-corrected chi connectivity index (χ2v) is 4.67. The van der Waals surface area contributed by atoms with Crippen molar-refractivity contribution in [2.24, 2.45) is 0 Å². The van der Waals surface area contributed by atoms with E-state index in [9.17, 15) is 26.7 Å². The number of benzene rings is 2. The van der Waals surface area contributed by atoms with E-state index in [-0.39, 0.29) is 11.3 Å². The van der Waals surface area contributed by atoms with Crippen LogP contribution >= 0.6 is 0 Å². The van der Waals surface area contributed by atoms with Crippen molar-refractivity contribution < 1.29 is 26.7 Å². The van der Waals surface area contributed by atoms with Crippen molar-refractivity contribution in [1.82, 2.24) is 0 Å². The number of anilines is 1. The molecule has 2 aromatic carbocycles. The van der Waals surface area contributed by atoms with Gasteiger partial charge in [-0.3, -0.25) is 4.79 Å². The third-order valence-corrected chi connectivity index (χ3v) is 2.88.